The van der Waals surface area contributed by atoms with E-state index in [2.05, 4.69) is 4.72 Å². The van der Waals surface area contributed by atoms with E-state index in [0.29, 0.717) is 9.90 Å². The molecule has 102 valence electrons. The molecule has 0 unspecified atom stereocenters. The van der Waals surface area contributed by atoms with Gasteiger partial charge in [-0.15, -0.1) is 11.3 Å². The van der Waals surface area contributed by atoms with Gasteiger partial charge in [-0.3, -0.25) is 4.79 Å². The van der Waals surface area contributed by atoms with Crippen LogP contribution in [0.3, 0.4) is 0 Å². The number of ketones is 1. The van der Waals surface area contributed by atoms with Gasteiger partial charge in [-0.05, 0) is 18.6 Å². The maximum absolute atomic E-state index is 11.9. The van der Waals surface area contributed by atoms with Gasteiger partial charge >= 0.3 is 0 Å². The average Bonchev–Trinajstić information content (AvgIpc) is 2.55. The molecule has 0 saturated carbocycles. The quantitative estimate of drug-likeness (QED) is 0.930. The Kier molecular flexibility index (Phi) is 4.59. The maximum Gasteiger partial charge on any atom is 0.250 e. The van der Waals surface area contributed by atoms with Crippen molar-refractivity contribution in [2.45, 2.75) is 31.9 Å². The molecule has 0 amide bonds. The van der Waals surface area contributed by atoms with E-state index in [1.165, 1.54) is 6.07 Å². The Hall–Kier alpha value is -0.430. The van der Waals surface area contributed by atoms with E-state index >= 15 is 0 Å². The Balaban J connectivity index is 2.81. The summed E-state index contributed by atoms with van der Waals surface area (Å²) in [4.78, 5) is 11.7. The number of Topliss-reactive ketones (excluding diaryl/α,β-unsaturated/α-hetero) is 1. The smallest absolute Gasteiger partial charge is 0.250 e. The fraction of sp³-hybridized carbons (Fsp3) is 0.545. The van der Waals surface area contributed by atoms with Crippen LogP contribution in [0.1, 0.15) is 26.3 Å². The lowest BCUT2D eigenvalue weighted by molar-refractivity contribution is -0.125. The van der Waals surface area contributed by atoms with Crippen molar-refractivity contribution in [3.05, 3.63) is 16.0 Å². The number of halogens is 1. The van der Waals surface area contributed by atoms with Crippen molar-refractivity contribution in [1.82, 2.24) is 4.72 Å². The molecule has 0 fully saturated rings. The zero-order valence-corrected chi connectivity index (χ0v) is 13.1. The van der Waals surface area contributed by atoms with Gasteiger partial charge < -0.3 is 0 Å². The predicted octanol–water partition coefficient (Wildman–Crippen LogP) is 2.60. The normalized spacial score (nSPS) is 12.7. The van der Waals surface area contributed by atoms with Crippen molar-refractivity contribution < 1.29 is 13.2 Å². The highest BCUT2D eigenvalue weighted by Crippen LogP contribution is 2.29. The van der Waals surface area contributed by atoms with Gasteiger partial charge in [0.2, 0.25) is 0 Å². The van der Waals surface area contributed by atoms with E-state index in [-0.39, 0.29) is 16.5 Å². The van der Waals surface area contributed by atoms with Crippen LogP contribution < -0.4 is 4.72 Å². The summed E-state index contributed by atoms with van der Waals surface area (Å²) in [6.07, 6.45) is 0. The van der Waals surface area contributed by atoms with Gasteiger partial charge in [0.1, 0.15) is 4.21 Å². The third kappa shape index (κ3) is 3.78. The number of carbonyl (C=O) groups excluding carboxylic acids is 1. The van der Waals surface area contributed by atoms with Gasteiger partial charge in [-0.2, -0.15) is 0 Å². The molecule has 18 heavy (non-hydrogen) atoms. The molecule has 1 aromatic rings. The number of sulfonamides is 1. The molecular weight excluding hydrogens is 294 g/mol. The molecule has 0 saturated heterocycles. The predicted molar refractivity (Wildman–Crippen MR) is 73.7 cm³/mol. The lowest BCUT2D eigenvalue weighted by atomic mass is 9.91. The lowest BCUT2D eigenvalue weighted by Gasteiger charge is -2.16. The Morgan fingerprint density at radius 2 is 2.00 bits per heavy atom. The van der Waals surface area contributed by atoms with E-state index in [1.54, 1.807) is 27.7 Å². The molecule has 1 N–H and O–H groups in total. The van der Waals surface area contributed by atoms with Gasteiger partial charge in [0.05, 0.1) is 10.9 Å². The van der Waals surface area contributed by atoms with Crippen molar-refractivity contribution in [2.24, 2.45) is 5.41 Å². The number of aryl methyl sites for hydroxylation is 1. The van der Waals surface area contributed by atoms with Gasteiger partial charge in [0, 0.05) is 5.41 Å². The van der Waals surface area contributed by atoms with Gasteiger partial charge in [0.25, 0.3) is 10.0 Å². The Morgan fingerprint density at radius 1 is 1.44 bits per heavy atom. The molecule has 0 radical (unpaired) electrons. The first kappa shape index (κ1) is 15.6. The minimum atomic E-state index is -3.65. The molecule has 0 spiro atoms. The molecule has 4 nitrogen and oxygen atoms in total. The Bertz CT molecular complexity index is 536. The molecule has 1 heterocycles. The Morgan fingerprint density at radius 3 is 2.39 bits per heavy atom. The first-order chi connectivity index (χ1) is 8.04. The van der Waals surface area contributed by atoms with Gasteiger partial charge in [-0.1, -0.05) is 32.4 Å². The number of rotatable bonds is 4. The zero-order chi connectivity index (χ0) is 14.1. The van der Waals surface area contributed by atoms with E-state index in [0.717, 1.165) is 11.3 Å². The van der Waals surface area contributed by atoms with Crippen LogP contribution in [0.15, 0.2) is 10.3 Å². The third-order valence-corrected chi connectivity index (χ3v) is 5.79. The van der Waals surface area contributed by atoms with Crippen molar-refractivity contribution in [3.63, 3.8) is 0 Å². The second kappa shape index (κ2) is 5.28. The first-order valence-corrected chi connectivity index (χ1v) is 8.01. The van der Waals surface area contributed by atoms with Crippen LogP contribution in [0.5, 0.6) is 0 Å². The van der Waals surface area contributed by atoms with E-state index in [1.807, 2.05) is 0 Å². The average molecular weight is 310 g/mol. The van der Waals surface area contributed by atoms with E-state index < -0.39 is 15.4 Å². The SMILES string of the molecule is Cc1cc(S(=O)(=O)NCC(=O)C(C)(C)C)sc1Cl. The van der Waals surface area contributed by atoms with E-state index in [9.17, 15) is 13.2 Å². The lowest BCUT2D eigenvalue weighted by Crippen LogP contribution is -2.35. The third-order valence-electron chi connectivity index (χ3n) is 2.36. The maximum atomic E-state index is 11.9. The van der Waals surface area contributed by atoms with Crippen LogP contribution in [-0.4, -0.2) is 20.7 Å². The molecule has 7 heteroatoms. The zero-order valence-electron chi connectivity index (χ0n) is 10.7. The molecular formula is C11H16ClNO3S2. The summed E-state index contributed by atoms with van der Waals surface area (Å²) >= 11 is 6.81. The highest BCUT2D eigenvalue weighted by atomic mass is 35.5. The molecule has 0 aromatic carbocycles. The van der Waals surface area contributed by atoms with Crippen LogP contribution in [0.2, 0.25) is 4.34 Å². The molecule has 0 atom stereocenters. The molecule has 1 rings (SSSR count). The standard InChI is InChI=1S/C11H16ClNO3S2/c1-7-5-9(17-10(7)12)18(15,16)13-6-8(14)11(2,3)4/h5,13H,6H2,1-4H3. The number of thiophene rings is 1. The van der Waals surface area contributed by atoms with Crippen LogP contribution in [0.4, 0.5) is 0 Å². The molecule has 0 bridgehead atoms. The molecule has 0 aliphatic rings. The largest absolute Gasteiger partial charge is 0.298 e. The number of carbonyl (C=O) groups is 1. The summed E-state index contributed by atoms with van der Waals surface area (Å²) < 4.78 is 26.7. The second-order valence-corrected chi connectivity index (χ2v) is 8.67. The molecule has 0 aliphatic heterocycles. The van der Waals surface area contributed by atoms with Crippen molar-refractivity contribution >= 4 is 38.7 Å². The fourth-order valence-corrected chi connectivity index (χ4v) is 3.80. The number of hydrogen-bond donors (Lipinski definition) is 1. The summed E-state index contributed by atoms with van der Waals surface area (Å²) in [6, 6.07) is 1.50. The van der Waals surface area contributed by atoms with Crippen LogP contribution in [0, 0.1) is 12.3 Å². The van der Waals surface area contributed by atoms with E-state index in [4.69, 9.17) is 11.6 Å². The second-order valence-electron chi connectivity index (χ2n) is 5.02. The highest BCUT2D eigenvalue weighted by molar-refractivity contribution is 7.91. The topological polar surface area (TPSA) is 63.2 Å². The van der Waals surface area contributed by atoms with Crippen molar-refractivity contribution in [3.8, 4) is 0 Å². The summed E-state index contributed by atoms with van der Waals surface area (Å²) in [5.74, 6) is -0.162. The number of nitrogens with one attached hydrogen (secondary N) is 1. The van der Waals surface area contributed by atoms with Crippen LogP contribution in [-0.2, 0) is 14.8 Å². The van der Waals surface area contributed by atoms with Gasteiger partial charge in [0.15, 0.2) is 5.78 Å². The van der Waals surface area contributed by atoms with Crippen LogP contribution in [0.25, 0.3) is 0 Å². The summed E-state index contributed by atoms with van der Waals surface area (Å²) in [7, 11) is -3.65. The summed E-state index contributed by atoms with van der Waals surface area (Å²) in [6.45, 7) is 6.76. The first-order valence-electron chi connectivity index (χ1n) is 5.33. The molecule has 0 aliphatic carbocycles. The minimum Gasteiger partial charge on any atom is -0.298 e. The molecule has 1 aromatic heterocycles. The minimum absolute atomic E-state index is 0.131. The number of hydrogen-bond acceptors (Lipinski definition) is 4. The van der Waals surface area contributed by atoms with Crippen molar-refractivity contribution in [1.29, 1.82) is 0 Å². The monoisotopic (exact) mass is 309 g/mol. The fourth-order valence-electron chi connectivity index (χ4n) is 1.06. The van der Waals surface area contributed by atoms with Crippen molar-refractivity contribution in [2.75, 3.05) is 6.54 Å². The van der Waals surface area contributed by atoms with Gasteiger partial charge in [-0.25, -0.2) is 13.1 Å². The van der Waals surface area contributed by atoms with Crippen LogP contribution >= 0.6 is 22.9 Å². The highest BCUT2D eigenvalue weighted by Gasteiger charge is 2.24. The Labute approximate surface area is 116 Å². The summed E-state index contributed by atoms with van der Waals surface area (Å²) in [5.41, 5.74) is 0.148. The summed E-state index contributed by atoms with van der Waals surface area (Å²) in [5, 5.41) is 0.